The molecule has 94 valence electrons. The minimum absolute atomic E-state index is 0.124. The lowest BCUT2D eigenvalue weighted by Gasteiger charge is -2.07. The number of methoxy groups -OCH3 is 2. The van der Waals surface area contributed by atoms with E-state index in [1.807, 2.05) is 24.3 Å². The van der Waals surface area contributed by atoms with Gasteiger partial charge in [0.15, 0.2) is 0 Å². The molecule has 0 unspecified atom stereocenters. The molecule has 2 aromatic rings. The van der Waals surface area contributed by atoms with Gasteiger partial charge in [0.2, 0.25) is 11.1 Å². The van der Waals surface area contributed by atoms with Crippen LogP contribution in [-0.2, 0) is 0 Å². The highest BCUT2D eigenvalue weighted by atomic mass is 32.2. The Morgan fingerprint density at radius 2 is 1.83 bits per heavy atom. The Labute approximate surface area is 109 Å². The summed E-state index contributed by atoms with van der Waals surface area (Å²) in [5.41, 5.74) is 5.57. The predicted octanol–water partition coefficient (Wildman–Crippen LogP) is 1.62. The summed E-state index contributed by atoms with van der Waals surface area (Å²) < 4.78 is 10.2. The van der Waals surface area contributed by atoms with Gasteiger partial charge in [-0.25, -0.2) is 0 Å². The van der Waals surface area contributed by atoms with Gasteiger partial charge in [-0.05, 0) is 23.9 Å². The predicted molar refractivity (Wildman–Crippen MR) is 67.9 cm³/mol. The molecule has 18 heavy (non-hydrogen) atoms. The average Bonchev–Trinajstić information content (AvgIpc) is 2.38. The third-order valence-corrected chi connectivity index (χ3v) is 2.99. The van der Waals surface area contributed by atoms with E-state index >= 15 is 0 Å². The lowest BCUT2D eigenvalue weighted by Crippen LogP contribution is -2.02. The van der Waals surface area contributed by atoms with Crippen molar-refractivity contribution in [1.29, 1.82) is 0 Å². The summed E-state index contributed by atoms with van der Waals surface area (Å²) in [5.74, 6) is 0.875. The van der Waals surface area contributed by atoms with Crippen LogP contribution in [0.15, 0.2) is 34.3 Å². The highest BCUT2D eigenvalue weighted by Gasteiger charge is 2.09. The first-order valence-corrected chi connectivity index (χ1v) is 5.91. The molecule has 0 aliphatic rings. The molecule has 1 aromatic carbocycles. The van der Waals surface area contributed by atoms with Crippen LogP contribution in [0.1, 0.15) is 0 Å². The van der Waals surface area contributed by atoms with Crippen molar-refractivity contribution in [3.8, 4) is 11.8 Å². The number of hydrogen-bond donors (Lipinski definition) is 1. The molecule has 0 amide bonds. The Bertz CT molecular complexity index is 550. The third-order valence-electron chi connectivity index (χ3n) is 2.06. The topological polar surface area (TPSA) is 83.2 Å². The smallest absolute Gasteiger partial charge is 0.321 e. The molecule has 2 rings (SSSR count). The van der Waals surface area contributed by atoms with Crippen molar-refractivity contribution in [3.63, 3.8) is 0 Å². The lowest BCUT2D eigenvalue weighted by atomic mass is 10.3. The van der Waals surface area contributed by atoms with E-state index in [0.717, 1.165) is 10.6 Å². The van der Waals surface area contributed by atoms with E-state index in [0.29, 0.717) is 5.16 Å². The van der Waals surface area contributed by atoms with Crippen molar-refractivity contribution >= 4 is 17.7 Å². The number of nitrogen functional groups attached to an aromatic ring is 1. The molecule has 6 nitrogen and oxygen atoms in total. The highest BCUT2D eigenvalue weighted by Crippen LogP contribution is 2.33. The van der Waals surface area contributed by atoms with Crippen molar-refractivity contribution in [2.45, 2.75) is 10.1 Å². The first kappa shape index (κ1) is 12.4. The van der Waals surface area contributed by atoms with Crippen LogP contribution < -0.4 is 15.2 Å². The Hall–Kier alpha value is -2.02. The number of benzene rings is 1. The van der Waals surface area contributed by atoms with Gasteiger partial charge >= 0.3 is 6.01 Å². The molecule has 0 saturated heterocycles. The Morgan fingerprint density at radius 1 is 1.06 bits per heavy atom. The molecule has 0 saturated carbocycles. The first-order valence-electron chi connectivity index (χ1n) is 5.09. The lowest BCUT2D eigenvalue weighted by molar-refractivity contribution is 0.374. The van der Waals surface area contributed by atoms with Gasteiger partial charge in [-0.15, -0.1) is 0 Å². The van der Waals surface area contributed by atoms with E-state index < -0.39 is 0 Å². The molecule has 0 fully saturated rings. The number of hydrogen-bond acceptors (Lipinski definition) is 7. The molecule has 0 radical (unpaired) electrons. The quantitative estimate of drug-likeness (QED) is 0.898. The average molecular weight is 264 g/mol. The minimum Gasteiger partial charge on any atom is -0.496 e. The Kier molecular flexibility index (Phi) is 3.83. The van der Waals surface area contributed by atoms with Gasteiger partial charge in [0.05, 0.1) is 19.1 Å². The van der Waals surface area contributed by atoms with E-state index in [9.17, 15) is 0 Å². The van der Waals surface area contributed by atoms with Crippen molar-refractivity contribution in [2.24, 2.45) is 0 Å². The zero-order chi connectivity index (χ0) is 13.0. The van der Waals surface area contributed by atoms with E-state index in [1.165, 1.54) is 18.9 Å². The van der Waals surface area contributed by atoms with Gasteiger partial charge in [0.25, 0.3) is 0 Å². The van der Waals surface area contributed by atoms with Crippen LogP contribution in [0.5, 0.6) is 11.8 Å². The maximum Gasteiger partial charge on any atom is 0.321 e. The molecular weight excluding hydrogens is 252 g/mol. The molecule has 0 spiro atoms. The van der Waals surface area contributed by atoms with Crippen LogP contribution in [0.3, 0.4) is 0 Å². The summed E-state index contributed by atoms with van der Waals surface area (Å²) in [6, 6.07) is 7.78. The molecule has 0 atom stereocenters. The Morgan fingerprint density at radius 3 is 2.56 bits per heavy atom. The molecular formula is C11H12N4O2S. The summed E-state index contributed by atoms with van der Waals surface area (Å²) in [6.45, 7) is 0. The number of nitrogens with zero attached hydrogens (tertiary/aromatic N) is 3. The summed E-state index contributed by atoms with van der Waals surface area (Å²) in [4.78, 5) is 12.9. The van der Waals surface area contributed by atoms with Crippen LogP contribution in [-0.4, -0.2) is 29.2 Å². The third kappa shape index (κ3) is 2.80. The zero-order valence-corrected chi connectivity index (χ0v) is 10.8. The van der Waals surface area contributed by atoms with Crippen molar-refractivity contribution < 1.29 is 9.47 Å². The second-order valence-corrected chi connectivity index (χ2v) is 4.22. The zero-order valence-electron chi connectivity index (χ0n) is 9.95. The van der Waals surface area contributed by atoms with Gasteiger partial charge in [0.1, 0.15) is 5.75 Å². The molecule has 1 aromatic heterocycles. The van der Waals surface area contributed by atoms with Crippen molar-refractivity contribution in [3.05, 3.63) is 24.3 Å². The molecule has 0 bridgehead atoms. The van der Waals surface area contributed by atoms with E-state index in [2.05, 4.69) is 15.0 Å². The van der Waals surface area contributed by atoms with Crippen LogP contribution >= 0.6 is 11.8 Å². The summed E-state index contributed by atoms with van der Waals surface area (Å²) in [6.07, 6.45) is 0. The fourth-order valence-electron chi connectivity index (χ4n) is 1.29. The van der Waals surface area contributed by atoms with Gasteiger partial charge < -0.3 is 15.2 Å². The van der Waals surface area contributed by atoms with Crippen LogP contribution in [0.25, 0.3) is 0 Å². The molecule has 2 N–H and O–H groups in total. The van der Waals surface area contributed by atoms with Crippen LogP contribution in [0, 0.1) is 0 Å². The maximum atomic E-state index is 5.57. The summed E-state index contributed by atoms with van der Waals surface area (Å²) in [5, 5.41) is 0.462. The fourth-order valence-corrected chi connectivity index (χ4v) is 2.15. The maximum absolute atomic E-state index is 5.57. The number of aromatic nitrogens is 3. The molecule has 7 heteroatoms. The van der Waals surface area contributed by atoms with Crippen molar-refractivity contribution in [1.82, 2.24) is 15.0 Å². The first-order chi connectivity index (χ1) is 8.72. The van der Waals surface area contributed by atoms with Gasteiger partial charge in [0, 0.05) is 0 Å². The summed E-state index contributed by atoms with van der Waals surface area (Å²) >= 11 is 1.34. The molecule has 1 heterocycles. The number of anilines is 1. The summed E-state index contributed by atoms with van der Waals surface area (Å²) in [7, 11) is 3.09. The van der Waals surface area contributed by atoms with Crippen LogP contribution in [0.4, 0.5) is 5.95 Å². The number of para-hydroxylation sites is 1. The number of nitrogens with two attached hydrogens (primary N) is 1. The van der Waals surface area contributed by atoms with Gasteiger partial charge in [-0.2, -0.15) is 15.0 Å². The van der Waals surface area contributed by atoms with Gasteiger partial charge in [-0.3, -0.25) is 0 Å². The largest absolute Gasteiger partial charge is 0.496 e. The Balaban J connectivity index is 2.30. The van der Waals surface area contributed by atoms with Crippen LogP contribution in [0.2, 0.25) is 0 Å². The number of rotatable bonds is 4. The van der Waals surface area contributed by atoms with E-state index in [4.69, 9.17) is 15.2 Å². The molecule has 0 aliphatic heterocycles. The fraction of sp³-hybridized carbons (Fsp3) is 0.182. The number of ether oxygens (including phenoxy) is 2. The van der Waals surface area contributed by atoms with Gasteiger partial charge in [-0.1, -0.05) is 12.1 Å². The van der Waals surface area contributed by atoms with E-state index in [1.54, 1.807) is 7.11 Å². The second-order valence-electron chi connectivity index (χ2n) is 3.22. The molecule has 0 aliphatic carbocycles. The van der Waals surface area contributed by atoms with E-state index in [-0.39, 0.29) is 12.0 Å². The monoisotopic (exact) mass is 264 g/mol. The van der Waals surface area contributed by atoms with Crippen molar-refractivity contribution in [2.75, 3.05) is 20.0 Å². The normalized spacial score (nSPS) is 10.1. The second kappa shape index (κ2) is 5.54. The highest BCUT2D eigenvalue weighted by molar-refractivity contribution is 7.99. The standard InChI is InChI=1S/C11H12N4O2S/c1-16-7-5-3-4-6-8(7)18-11-14-9(12)13-10(15-11)17-2/h3-6H,1-2H3,(H2,12,13,14,15). The SMILES string of the molecule is COc1nc(N)nc(Sc2ccccc2OC)n1. The minimum atomic E-state index is 0.124.